The van der Waals surface area contributed by atoms with Gasteiger partial charge in [-0.15, -0.1) is 0 Å². The quantitative estimate of drug-likeness (QED) is 0.705. The molecule has 0 spiro atoms. The molecular weight excluding hydrogens is 368 g/mol. The zero-order valence-corrected chi connectivity index (χ0v) is 15.7. The molecule has 27 heavy (non-hydrogen) atoms. The molecule has 1 aliphatic heterocycles. The minimum atomic E-state index is -3.42. The molecule has 1 aromatic heterocycles. The van der Waals surface area contributed by atoms with E-state index in [1.807, 2.05) is 30.3 Å². The summed E-state index contributed by atoms with van der Waals surface area (Å²) in [5, 5.41) is 5.36. The Kier molecular flexibility index (Phi) is 6.02. The van der Waals surface area contributed by atoms with Crippen LogP contribution in [-0.2, 0) is 25.9 Å². The van der Waals surface area contributed by atoms with Crippen LogP contribution in [-0.4, -0.2) is 59.5 Å². The average Bonchev–Trinajstić information content (AvgIpc) is 3.15. The third kappa shape index (κ3) is 5.01. The van der Waals surface area contributed by atoms with Crippen LogP contribution >= 0.6 is 0 Å². The molecule has 1 fully saturated rings. The molecule has 0 aliphatic carbocycles. The smallest absolute Gasteiger partial charge is 0.224 e. The molecule has 0 saturated carbocycles. The van der Waals surface area contributed by atoms with E-state index < -0.39 is 15.9 Å². The van der Waals surface area contributed by atoms with Crippen LogP contribution in [0, 0.1) is 0 Å². The van der Waals surface area contributed by atoms with Crippen molar-refractivity contribution in [1.82, 2.24) is 19.7 Å². The summed E-state index contributed by atoms with van der Waals surface area (Å²) in [5.41, 5.74) is 1.09. The van der Waals surface area contributed by atoms with Gasteiger partial charge < -0.3 is 9.64 Å². The van der Waals surface area contributed by atoms with Gasteiger partial charge in [0.1, 0.15) is 12.4 Å². The standard InChI is InChI=1S/C18H22N4O4S/c1-2-27(24,25)11-8-17(23)22-9-10-26-13-16(22)18-19-14-21(20-18)12-15-6-4-3-5-7-15/h2-7,14,16H,1,8-13H2. The van der Waals surface area contributed by atoms with Crippen LogP contribution < -0.4 is 0 Å². The van der Waals surface area contributed by atoms with E-state index in [-0.39, 0.29) is 24.7 Å². The summed E-state index contributed by atoms with van der Waals surface area (Å²) in [6, 6.07) is 9.45. The topological polar surface area (TPSA) is 94.4 Å². The third-order valence-electron chi connectivity index (χ3n) is 4.34. The highest BCUT2D eigenvalue weighted by atomic mass is 32.2. The second-order valence-electron chi connectivity index (χ2n) is 6.25. The zero-order valence-electron chi connectivity index (χ0n) is 14.9. The van der Waals surface area contributed by atoms with Crippen LogP contribution in [0.15, 0.2) is 48.6 Å². The second kappa shape index (κ2) is 8.45. The monoisotopic (exact) mass is 390 g/mol. The lowest BCUT2D eigenvalue weighted by Gasteiger charge is -2.34. The Bertz CT molecular complexity index is 895. The van der Waals surface area contributed by atoms with E-state index in [1.165, 1.54) is 0 Å². The van der Waals surface area contributed by atoms with Crippen LogP contribution in [0.5, 0.6) is 0 Å². The summed E-state index contributed by atoms with van der Waals surface area (Å²) >= 11 is 0. The van der Waals surface area contributed by atoms with E-state index in [1.54, 1.807) is 15.9 Å². The summed E-state index contributed by atoms with van der Waals surface area (Å²) in [6.45, 7) is 4.91. The van der Waals surface area contributed by atoms with Crippen molar-refractivity contribution < 1.29 is 17.9 Å². The molecule has 1 atom stereocenters. The number of hydrogen-bond donors (Lipinski definition) is 0. The Morgan fingerprint density at radius 2 is 2.11 bits per heavy atom. The minimum absolute atomic E-state index is 0.102. The highest BCUT2D eigenvalue weighted by molar-refractivity contribution is 7.94. The SMILES string of the molecule is C=CS(=O)(=O)CCC(=O)N1CCOCC1c1ncn(Cc2ccccc2)n1. The molecule has 0 N–H and O–H groups in total. The van der Waals surface area contributed by atoms with Crippen molar-refractivity contribution in [3.05, 3.63) is 60.0 Å². The van der Waals surface area contributed by atoms with Gasteiger partial charge in [0, 0.05) is 18.4 Å². The molecule has 1 saturated heterocycles. The van der Waals surface area contributed by atoms with E-state index >= 15 is 0 Å². The maximum absolute atomic E-state index is 12.6. The summed E-state index contributed by atoms with van der Waals surface area (Å²) in [5.74, 6) is -0.0198. The maximum atomic E-state index is 12.6. The number of carbonyl (C=O) groups is 1. The number of rotatable bonds is 7. The van der Waals surface area contributed by atoms with E-state index in [0.717, 1.165) is 11.0 Å². The van der Waals surface area contributed by atoms with Crippen LogP contribution in [0.2, 0.25) is 0 Å². The van der Waals surface area contributed by atoms with Gasteiger partial charge in [-0.25, -0.2) is 18.1 Å². The van der Waals surface area contributed by atoms with Gasteiger partial charge in [0.25, 0.3) is 0 Å². The van der Waals surface area contributed by atoms with E-state index in [9.17, 15) is 13.2 Å². The number of benzene rings is 1. The molecule has 1 aliphatic rings. The first-order chi connectivity index (χ1) is 13.0. The molecular formula is C18H22N4O4S. The first kappa shape index (κ1) is 19.2. The van der Waals surface area contributed by atoms with Gasteiger partial charge in [-0.3, -0.25) is 4.79 Å². The summed E-state index contributed by atoms with van der Waals surface area (Å²) in [6.07, 6.45) is 1.53. The summed E-state index contributed by atoms with van der Waals surface area (Å²) in [4.78, 5) is 18.5. The molecule has 144 valence electrons. The molecule has 9 heteroatoms. The van der Waals surface area contributed by atoms with Gasteiger partial charge in [0.15, 0.2) is 15.7 Å². The van der Waals surface area contributed by atoms with Crippen molar-refractivity contribution >= 4 is 15.7 Å². The van der Waals surface area contributed by atoms with Gasteiger partial charge in [0.05, 0.1) is 25.5 Å². The Labute approximate surface area is 158 Å². The Balaban J connectivity index is 1.70. The lowest BCUT2D eigenvalue weighted by Crippen LogP contribution is -2.44. The Hall–Kier alpha value is -2.52. The maximum Gasteiger partial charge on any atom is 0.224 e. The van der Waals surface area contributed by atoms with Gasteiger partial charge in [-0.1, -0.05) is 36.9 Å². The van der Waals surface area contributed by atoms with Crippen molar-refractivity contribution in [2.24, 2.45) is 0 Å². The van der Waals surface area contributed by atoms with Crippen LogP contribution in [0.25, 0.3) is 0 Å². The number of aromatic nitrogens is 3. The number of nitrogens with zero attached hydrogens (tertiary/aromatic N) is 4. The summed E-state index contributed by atoms with van der Waals surface area (Å²) in [7, 11) is -3.42. The number of morpholine rings is 1. The number of sulfone groups is 1. The number of hydrogen-bond acceptors (Lipinski definition) is 6. The van der Waals surface area contributed by atoms with E-state index in [4.69, 9.17) is 4.74 Å². The first-order valence-corrected chi connectivity index (χ1v) is 10.4. The predicted octanol–water partition coefficient (Wildman–Crippen LogP) is 1.17. The average molecular weight is 390 g/mol. The fourth-order valence-corrected chi connectivity index (χ4v) is 3.51. The Morgan fingerprint density at radius 3 is 2.85 bits per heavy atom. The number of ether oxygens (including phenoxy) is 1. The molecule has 1 aromatic carbocycles. The van der Waals surface area contributed by atoms with Gasteiger partial charge in [-0.05, 0) is 5.56 Å². The fourth-order valence-electron chi connectivity index (χ4n) is 2.88. The zero-order chi connectivity index (χ0) is 19.3. The van der Waals surface area contributed by atoms with Crippen molar-refractivity contribution in [1.29, 1.82) is 0 Å². The van der Waals surface area contributed by atoms with Crippen molar-refractivity contribution in [2.45, 2.75) is 19.0 Å². The van der Waals surface area contributed by atoms with Gasteiger partial charge >= 0.3 is 0 Å². The third-order valence-corrected chi connectivity index (χ3v) is 5.62. The molecule has 2 heterocycles. The predicted molar refractivity (Wildman–Crippen MR) is 99.4 cm³/mol. The first-order valence-electron chi connectivity index (χ1n) is 8.64. The molecule has 1 unspecified atom stereocenters. The number of amides is 1. The van der Waals surface area contributed by atoms with Crippen molar-refractivity contribution in [2.75, 3.05) is 25.5 Å². The molecule has 0 bridgehead atoms. The molecule has 3 rings (SSSR count). The van der Waals surface area contributed by atoms with Crippen molar-refractivity contribution in [3.8, 4) is 0 Å². The van der Waals surface area contributed by atoms with E-state index in [0.29, 0.717) is 25.5 Å². The van der Waals surface area contributed by atoms with E-state index in [2.05, 4.69) is 16.7 Å². The van der Waals surface area contributed by atoms with Gasteiger partial charge in [0.2, 0.25) is 5.91 Å². The lowest BCUT2D eigenvalue weighted by molar-refractivity contribution is -0.140. The minimum Gasteiger partial charge on any atom is -0.377 e. The highest BCUT2D eigenvalue weighted by Gasteiger charge is 2.31. The summed E-state index contributed by atoms with van der Waals surface area (Å²) < 4.78 is 30.4. The van der Waals surface area contributed by atoms with Crippen LogP contribution in [0.1, 0.15) is 23.9 Å². The van der Waals surface area contributed by atoms with Crippen LogP contribution in [0.3, 0.4) is 0 Å². The largest absolute Gasteiger partial charge is 0.377 e. The van der Waals surface area contributed by atoms with Gasteiger partial charge in [-0.2, -0.15) is 5.10 Å². The molecule has 0 radical (unpaired) electrons. The lowest BCUT2D eigenvalue weighted by atomic mass is 10.2. The van der Waals surface area contributed by atoms with Crippen molar-refractivity contribution in [3.63, 3.8) is 0 Å². The molecule has 2 aromatic rings. The number of carbonyl (C=O) groups excluding carboxylic acids is 1. The normalized spacial score (nSPS) is 17.6. The molecule has 1 amide bonds. The fraction of sp³-hybridized carbons (Fsp3) is 0.389. The second-order valence-corrected chi connectivity index (χ2v) is 8.31. The van der Waals surface area contributed by atoms with Crippen LogP contribution in [0.4, 0.5) is 0 Å². The highest BCUT2D eigenvalue weighted by Crippen LogP contribution is 2.22. The Morgan fingerprint density at radius 1 is 1.33 bits per heavy atom. The molecule has 8 nitrogen and oxygen atoms in total.